The summed E-state index contributed by atoms with van der Waals surface area (Å²) >= 11 is 0. The Bertz CT molecular complexity index is 866. The molecule has 0 aromatic rings. The van der Waals surface area contributed by atoms with Crippen LogP contribution in [0.2, 0.25) is 5.82 Å². The van der Waals surface area contributed by atoms with E-state index in [9.17, 15) is 14.4 Å². The Balaban J connectivity index is 3.22. The number of carbonyl (C=O) groups excluding carboxylic acids is 3. The zero-order chi connectivity index (χ0) is 33.0. The minimum atomic E-state index is -1.38. The SMILES string of the molecule is CCC[C@](C)(C[C@@H](C)[C@H](O[C@H]1C[C@H](C)C[C@H](C)O1)[C@@H](C)C(=O)OC(C)[C@](C)([B][C@@H](C)C(C)=O)OC(=O)NCCOC)OC. The molecule has 0 saturated carbocycles. The molecule has 0 aliphatic carbocycles. The molecule has 1 unspecified atom stereocenters. The second kappa shape index (κ2) is 18.3. The van der Waals surface area contributed by atoms with Gasteiger partial charge in [-0.05, 0) is 78.5 Å². The average molecular weight is 613 g/mol. The Morgan fingerprint density at radius 3 is 2.26 bits per heavy atom. The van der Waals surface area contributed by atoms with E-state index < -0.39 is 47.8 Å². The van der Waals surface area contributed by atoms with Gasteiger partial charge in [-0.1, -0.05) is 34.1 Å². The molecular formula is C32H59BNO9. The molecule has 1 saturated heterocycles. The Morgan fingerprint density at radius 1 is 1.07 bits per heavy atom. The fourth-order valence-electron chi connectivity index (χ4n) is 5.87. The summed E-state index contributed by atoms with van der Waals surface area (Å²) in [4.78, 5) is 38.5. The van der Waals surface area contributed by atoms with Crippen LogP contribution in [0.4, 0.5) is 4.79 Å². The van der Waals surface area contributed by atoms with E-state index in [2.05, 4.69) is 33.0 Å². The van der Waals surface area contributed by atoms with Gasteiger partial charge in [0.05, 0.1) is 30.3 Å². The number of rotatable bonds is 19. The fraction of sp³-hybridized carbons (Fsp3) is 0.906. The van der Waals surface area contributed by atoms with Gasteiger partial charge in [0.2, 0.25) is 0 Å². The lowest BCUT2D eigenvalue weighted by molar-refractivity contribution is -0.240. The second-order valence-corrected chi connectivity index (χ2v) is 13.1. The highest BCUT2D eigenvalue weighted by atomic mass is 16.7. The number of methoxy groups -OCH3 is 2. The second-order valence-electron chi connectivity index (χ2n) is 13.1. The van der Waals surface area contributed by atoms with Crippen molar-refractivity contribution in [3.05, 3.63) is 0 Å². The Labute approximate surface area is 261 Å². The van der Waals surface area contributed by atoms with Gasteiger partial charge in [-0.15, -0.1) is 0 Å². The maximum Gasteiger partial charge on any atom is 0.407 e. The summed E-state index contributed by atoms with van der Waals surface area (Å²) in [6, 6.07) is 0. The molecule has 1 rings (SSSR count). The lowest BCUT2D eigenvalue weighted by Gasteiger charge is -2.40. The Hall–Kier alpha value is -1.69. The van der Waals surface area contributed by atoms with Crippen molar-refractivity contribution in [3.63, 3.8) is 0 Å². The molecule has 1 aliphatic heterocycles. The molecule has 0 aromatic heterocycles. The third-order valence-corrected chi connectivity index (χ3v) is 8.68. The van der Waals surface area contributed by atoms with Gasteiger partial charge < -0.3 is 38.5 Å². The molecule has 249 valence electrons. The summed E-state index contributed by atoms with van der Waals surface area (Å²) < 4.78 is 35.4. The van der Waals surface area contributed by atoms with Crippen LogP contribution in [-0.2, 0) is 38.0 Å². The molecule has 0 spiro atoms. The Morgan fingerprint density at radius 2 is 1.72 bits per heavy atom. The van der Waals surface area contributed by atoms with Crippen LogP contribution < -0.4 is 5.32 Å². The number of esters is 1. The maximum absolute atomic E-state index is 13.8. The highest BCUT2D eigenvalue weighted by molar-refractivity contribution is 6.47. The molecule has 43 heavy (non-hydrogen) atoms. The highest BCUT2D eigenvalue weighted by Gasteiger charge is 2.44. The molecule has 0 bridgehead atoms. The van der Waals surface area contributed by atoms with Gasteiger partial charge in [-0.3, -0.25) is 4.79 Å². The van der Waals surface area contributed by atoms with Crippen LogP contribution in [0.5, 0.6) is 0 Å². The van der Waals surface area contributed by atoms with Gasteiger partial charge in [0.1, 0.15) is 17.4 Å². The molecule has 1 radical (unpaired) electrons. The number of hydrogen-bond donors (Lipinski definition) is 1. The van der Waals surface area contributed by atoms with Crippen molar-refractivity contribution in [3.8, 4) is 0 Å². The lowest BCUT2D eigenvalue weighted by atomic mass is 9.50. The quantitative estimate of drug-likeness (QED) is 0.114. The average Bonchev–Trinajstić information content (AvgIpc) is 2.90. The highest BCUT2D eigenvalue weighted by Crippen LogP contribution is 2.35. The van der Waals surface area contributed by atoms with Gasteiger partial charge in [-0.25, -0.2) is 4.79 Å². The normalized spacial score (nSPS) is 25.2. The number of ether oxygens (including phenoxy) is 6. The first kappa shape index (κ1) is 39.3. The molecule has 0 aromatic carbocycles. The van der Waals surface area contributed by atoms with Crippen LogP contribution in [0.15, 0.2) is 0 Å². The molecule has 10 nitrogen and oxygen atoms in total. The van der Waals surface area contributed by atoms with Crippen molar-refractivity contribution < 1.29 is 42.8 Å². The number of carbonyl (C=O) groups is 3. The maximum atomic E-state index is 13.8. The van der Waals surface area contributed by atoms with E-state index in [0.717, 1.165) is 25.7 Å². The summed E-state index contributed by atoms with van der Waals surface area (Å²) in [5.41, 5.74) is -1.76. The molecule has 1 fully saturated rings. The molecule has 1 amide bonds. The van der Waals surface area contributed by atoms with Crippen LogP contribution in [0.3, 0.4) is 0 Å². The van der Waals surface area contributed by atoms with Gasteiger partial charge in [0.25, 0.3) is 0 Å². The van der Waals surface area contributed by atoms with E-state index in [0.29, 0.717) is 18.9 Å². The van der Waals surface area contributed by atoms with E-state index >= 15 is 0 Å². The largest absolute Gasteiger partial charge is 0.459 e. The van der Waals surface area contributed by atoms with E-state index in [1.165, 1.54) is 14.0 Å². The van der Waals surface area contributed by atoms with Crippen LogP contribution in [0.1, 0.15) is 101 Å². The van der Waals surface area contributed by atoms with Crippen molar-refractivity contribution in [2.24, 2.45) is 17.8 Å². The molecule has 11 heteroatoms. The van der Waals surface area contributed by atoms with E-state index in [1.54, 1.807) is 42.1 Å². The number of ketones is 1. The molecule has 1 N–H and O–H groups in total. The summed E-state index contributed by atoms with van der Waals surface area (Å²) in [6.07, 6.45) is 1.72. The summed E-state index contributed by atoms with van der Waals surface area (Å²) in [5, 5.41) is 2.62. The van der Waals surface area contributed by atoms with E-state index in [4.69, 9.17) is 28.4 Å². The predicted molar refractivity (Wildman–Crippen MR) is 167 cm³/mol. The minimum absolute atomic E-state index is 0.0583. The third-order valence-electron chi connectivity index (χ3n) is 8.68. The van der Waals surface area contributed by atoms with Crippen molar-refractivity contribution in [2.45, 2.75) is 143 Å². The van der Waals surface area contributed by atoms with Crippen molar-refractivity contribution in [1.82, 2.24) is 5.32 Å². The van der Waals surface area contributed by atoms with E-state index in [1.807, 2.05) is 6.92 Å². The molecule has 1 heterocycles. The van der Waals surface area contributed by atoms with Gasteiger partial charge >= 0.3 is 12.1 Å². The first-order chi connectivity index (χ1) is 20.0. The summed E-state index contributed by atoms with van der Waals surface area (Å²) in [5.74, 6) is -1.43. The van der Waals surface area contributed by atoms with Crippen LogP contribution >= 0.6 is 0 Å². The first-order valence-electron chi connectivity index (χ1n) is 15.9. The summed E-state index contributed by atoms with van der Waals surface area (Å²) in [7, 11) is 4.86. The van der Waals surface area contributed by atoms with Gasteiger partial charge in [0.15, 0.2) is 13.6 Å². The lowest BCUT2D eigenvalue weighted by Crippen LogP contribution is -2.53. The van der Waals surface area contributed by atoms with Crippen LogP contribution in [0.25, 0.3) is 0 Å². The van der Waals surface area contributed by atoms with Crippen molar-refractivity contribution in [1.29, 1.82) is 0 Å². The standard InChI is InChI=1S/C32H59BNO9/c1-13-14-31(9,39-12)19-21(3)28(42-27-18-20(2)17-22(4)40-27)23(5)29(36)41-26(8)32(10,33-24(6)25(7)35)43-30(37)34-15-16-38-11/h20-24,26-28H,13-19H2,1-12H3,(H,34,37)/t20-,21-,22+,23-,24+,26?,27+,28+,31-,32-/m1/s1. The van der Waals surface area contributed by atoms with Crippen molar-refractivity contribution in [2.75, 3.05) is 27.4 Å². The van der Waals surface area contributed by atoms with Crippen LogP contribution in [0, 0.1) is 17.8 Å². The number of Topliss-reactive ketones (excluding diaryl/α,β-unsaturated/α-hetero) is 1. The number of hydrogen-bond acceptors (Lipinski definition) is 9. The molecular weight excluding hydrogens is 553 g/mol. The Kier molecular flexibility index (Phi) is 16.8. The molecule has 10 atom stereocenters. The summed E-state index contributed by atoms with van der Waals surface area (Å²) in [6.45, 7) is 19.3. The van der Waals surface area contributed by atoms with Gasteiger partial charge in [-0.2, -0.15) is 0 Å². The zero-order valence-corrected chi connectivity index (χ0v) is 28.8. The zero-order valence-electron chi connectivity index (χ0n) is 28.8. The number of alkyl carbamates (subject to hydrolysis) is 1. The first-order valence-corrected chi connectivity index (χ1v) is 15.9. The fourth-order valence-corrected chi connectivity index (χ4v) is 5.87. The monoisotopic (exact) mass is 612 g/mol. The van der Waals surface area contributed by atoms with Crippen molar-refractivity contribution >= 4 is 25.1 Å². The van der Waals surface area contributed by atoms with Crippen LogP contribution in [-0.4, -0.2) is 88.2 Å². The number of nitrogens with one attached hydrogen (secondary N) is 1. The predicted octanol–water partition coefficient (Wildman–Crippen LogP) is 5.52. The topological polar surface area (TPSA) is 119 Å². The molecule has 1 aliphatic rings. The smallest absolute Gasteiger partial charge is 0.407 e. The van der Waals surface area contributed by atoms with Gasteiger partial charge in [0, 0.05) is 27.2 Å². The third kappa shape index (κ3) is 13.1. The number of amides is 1. The minimum Gasteiger partial charge on any atom is -0.459 e. The van der Waals surface area contributed by atoms with E-state index in [-0.39, 0.29) is 30.0 Å².